The van der Waals surface area contributed by atoms with Crippen LogP contribution in [0.3, 0.4) is 0 Å². The number of esters is 1. The molecule has 0 saturated carbocycles. The number of ether oxygens (including phenoxy) is 3. The van der Waals surface area contributed by atoms with Gasteiger partial charge in [-0.1, -0.05) is 56.5 Å². The van der Waals surface area contributed by atoms with E-state index in [0.717, 1.165) is 24.8 Å². The monoisotopic (exact) mass is 349 g/mol. The minimum absolute atomic E-state index is 0.293. The maximum Gasteiger partial charge on any atom is 0.374 e. The molecule has 7 heteroatoms. The zero-order chi connectivity index (χ0) is 18.1. The predicted octanol–water partition coefficient (Wildman–Crippen LogP) is 2.29. The normalized spacial score (nSPS) is 21.6. The molecule has 0 spiro atoms. The lowest BCUT2D eigenvalue weighted by Crippen LogP contribution is -2.47. The molecular formula is C18H28BNO5. The fourth-order valence-corrected chi connectivity index (χ4v) is 2.76. The van der Waals surface area contributed by atoms with Gasteiger partial charge in [0, 0.05) is 5.56 Å². The molecule has 1 atom stereocenters. The predicted molar refractivity (Wildman–Crippen MR) is 95.9 cm³/mol. The minimum Gasteiger partial charge on any atom is -0.456 e. The Kier molecular flexibility index (Phi) is 8.41. The van der Waals surface area contributed by atoms with Crippen LogP contribution < -0.4 is 5.23 Å². The highest BCUT2D eigenvalue weighted by molar-refractivity contribution is 6.46. The molecule has 1 aliphatic rings. The van der Waals surface area contributed by atoms with Crippen LogP contribution >= 0.6 is 0 Å². The Morgan fingerprint density at radius 3 is 2.60 bits per heavy atom. The SMILES string of the molecule is CCCCC[C@H](NB(C)O)C(=O)OC1COC(c2ccccc2)OC1. The van der Waals surface area contributed by atoms with Crippen LogP contribution in [0.5, 0.6) is 0 Å². The van der Waals surface area contributed by atoms with Crippen molar-refractivity contribution < 1.29 is 24.0 Å². The van der Waals surface area contributed by atoms with Gasteiger partial charge in [0.2, 0.25) is 0 Å². The first-order chi connectivity index (χ1) is 12.1. The van der Waals surface area contributed by atoms with E-state index in [4.69, 9.17) is 14.2 Å². The molecule has 0 bridgehead atoms. The number of hydrogen-bond donors (Lipinski definition) is 2. The van der Waals surface area contributed by atoms with Gasteiger partial charge in [-0.05, 0) is 13.2 Å². The van der Waals surface area contributed by atoms with E-state index in [2.05, 4.69) is 12.2 Å². The third-order valence-electron chi connectivity index (χ3n) is 4.04. The summed E-state index contributed by atoms with van der Waals surface area (Å²) in [6.07, 6.45) is 2.80. The Morgan fingerprint density at radius 1 is 1.32 bits per heavy atom. The third kappa shape index (κ3) is 6.78. The molecule has 25 heavy (non-hydrogen) atoms. The Bertz CT molecular complexity index is 505. The maximum absolute atomic E-state index is 12.4. The standard InChI is InChI=1S/C18H28BNO5/c1-3-4-6-11-16(20-19(2)22)17(21)25-15-12-23-18(24-13-15)14-9-7-5-8-10-14/h5,7-10,15-16,18,20,22H,3-4,6,11-13H2,1-2H3/t15?,16-,18?/m0/s1. The van der Waals surface area contributed by atoms with Crippen molar-refractivity contribution in [1.29, 1.82) is 0 Å². The largest absolute Gasteiger partial charge is 0.456 e. The average molecular weight is 349 g/mol. The first-order valence-corrected chi connectivity index (χ1v) is 9.03. The van der Waals surface area contributed by atoms with Gasteiger partial charge >= 0.3 is 13.0 Å². The summed E-state index contributed by atoms with van der Waals surface area (Å²) in [4.78, 5) is 12.4. The topological polar surface area (TPSA) is 77.0 Å². The van der Waals surface area contributed by atoms with Gasteiger partial charge in [-0.25, -0.2) is 0 Å². The molecule has 0 unspecified atom stereocenters. The van der Waals surface area contributed by atoms with Crippen molar-refractivity contribution in [3.8, 4) is 0 Å². The van der Waals surface area contributed by atoms with Crippen molar-refractivity contribution in [2.45, 2.75) is 57.9 Å². The number of carbonyl (C=O) groups is 1. The molecule has 138 valence electrons. The summed E-state index contributed by atoms with van der Waals surface area (Å²) in [5.74, 6) is -0.368. The second-order valence-electron chi connectivity index (χ2n) is 6.36. The molecule has 1 heterocycles. The fourth-order valence-electron chi connectivity index (χ4n) is 2.76. The van der Waals surface area contributed by atoms with Crippen molar-refractivity contribution in [1.82, 2.24) is 5.23 Å². The number of unbranched alkanes of at least 4 members (excludes halogenated alkanes) is 2. The van der Waals surface area contributed by atoms with E-state index in [1.54, 1.807) is 6.82 Å². The van der Waals surface area contributed by atoms with Crippen LogP contribution in [0, 0.1) is 0 Å². The molecule has 0 aromatic heterocycles. The number of nitrogens with one attached hydrogen (secondary N) is 1. The molecule has 2 rings (SSSR count). The van der Waals surface area contributed by atoms with E-state index in [0.29, 0.717) is 19.6 Å². The number of benzene rings is 1. The first kappa shape index (κ1) is 19.9. The molecule has 0 radical (unpaired) electrons. The molecular weight excluding hydrogens is 321 g/mol. The van der Waals surface area contributed by atoms with E-state index < -0.39 is 25.5 Å². The van der Waals surface area contributed by atoms with Gasteiger partial charge in [0.1, 0.15) is 6.10 Å². The summed E-state index contributed by atoms with van der Waals surface area (Å²) >= 11 is 0. The summed E-state index contributed by atoms with van der Waals surface area (Å²) in [5, 5.41) is 12.4. The van der Waals surface area contributed by atoms with Gasteiger partial charge in [0.25, 0.3) is 0 Å². The molecule has 0 aliphatic carbocycles. The van der Waals surface area contributed by atoms with E-state index in [-0.39, 0.29) is 5.97 Å². The molecule has 1 aromatic rings. The molecule has 6 nitrogen and oxygen atoms in total. The van der Waals surface area contributed by atoms with Gasteiger partial charge in [0.05, 0.1) is 19.3 Å². The second kappa shape index (κ2) is 10.6. The highest BCUT2D eigenvalue weighted by atomic mass is 16.7. The molecule has 1 aliphatic heterocycles. The van der Waals surface area contributed by atoms with Crippen LogP contribution in [0.25, 0.3) is 0 Å². The summed E-state index contributed by atoms with van der Waals surface area (Å²) in [7, 11) is -0.763. The van der Waals surface area contributed by atoms with E-state index in [9.17, 15) is 9.82 Å². The van der Waals surface area contributed by atoms with Crippen LogP contribution in [0.1, 0.15) is 44.5 Å². The third-order valence-corrected chi connectivity index (χ3v) is 4.04. The van der Waals surface area contributed by atoms with Crippen LogP contribution in [-0.4, -0.2) is 43.4 Å². The van der Waals surface area contributed by atoms with Crippen LogP contribution in [0.2, 0.25) is 6.82 Å². The Labute approximate surface area is 150 Å². The van der Waals surface area contributed by atoms with Crippen LogP contribution in [0.4, 0.5) is 0 Å². The van der Waals surface area contributed by atoms with E-state index >= 15 is 0 Å². The number of carbonyl (C=O) groups excluding carboxylic acids is 1. The van der Waals surface area contributed by atoms with Gasteiger partial charge in [-0.3, -0.25) is 4.79 Å². The quantitative estimate of drug-likeness (QED) is 0.405. The van der Waals surface area contributed by atoms with Gasteiger partial charge < -0.3 is 24.5 Å². The summed E-state index contributed by atoms with van der Waals surface area (Å²) in [5.41, 5.74) is 0.945. The molecule has 1 aromatic carbocycles. The lowest BCUT2D eigenvalue weighted by molar-refractivity contribution is -0.230. The number of rotatable bonds is 9. The summed E-state index contributed by atoms with van der Waals surface area (Å²) in [6.45, 7) is 4.29. The zero-order valence-corrected chi connectivity index (χ0v) is 15.0. The highest BCUT2D eigenvalue weighted by Crippen LogP contribution is 2.23. The Morgan fingerprint density at radius 2 is 2.00 bits per heavy atom. The van der Waals surface area contributed by atoms with Gasteiger partial charge in [-0.15, -0.1) is 0 Å². The zero-order valence-electron chi connectivity index (χ0n) is 15.0. The van der Waals surface area contributed by atoms with Crippen LogP contribution in [-0.2, 0) is 19.0 Å². The molecule has 1 fully saturated rings. The maximum atomic E-state index is 12.4. The lowest BCUT2D eigenvalue weighted by atomic mass is 9.86. The van der Waals surface area contributed by atoms with Gasteiger partial charge in [0.15, 0.2) is 6.29 Å². The first-order valence-electron chi connectivity index (χ1n) is 9.03. The van der Waals surface area contributed by atoms with Crippen molar-refractivity contribution in [3.63, 3.8) is 0 Å². The average Bonchev–Trinajstić information content (AvgIpc) is 2.62. The minimum atomic E-state index is -0.763. The van der Waals surface area contributed by atoms with E-state index in [1.807, 2.05) is 30.3 Å². The molecule has 1 saturated heterocycles. The smallest absolute Gasteiger partial charge is 0.374 e. The summed E-state index contributed by atoms with van der Waals surface area (Å²) < 4.78 is 16.8. The molecule has 0 amide bonds. The Hall–Kier alpha value is -1.41. The second-order valence-corrected chi connectivity index (χ2v) is 6.36. The molecule has 2 N–H and O–H groups in total. The highest BCUT2D eigenvalue weighted by Gasteiger charge is 2.29. The Balaban J connectivity index is 1.80. The number of hydrogen-bond acceptors (Lipinski definition) is 6. The van der Waals surface area contributed by atoms with Crippen molar-refractivity contribution in [2.24, 2.45) is 0 Å². The summed E-state index contributed by atoms with van der Waals surface area (Å²) in [6, 6.07) is 9.15. The lowest BCUT2D eigenvalue weighted by Gasteiger charge is -2.30. The van der Waals surface area contributed by atoms with Gasteiger partial charge in [-0.2, -0.15) is 0 Å². The van der Waals surface area contributed by atoms with Crippen molar-refractivity contribution >= 4 is 13.0 Å². The fraction of sp³-hybridized carbons (Fsp3) is 0.611. The van der Waals surface area contributed by atoms with Crippen molar-refractivity contribution in [3.05, 3.63) is 35.9 Å². The van der Waals surface area contributed by atoms with Crippen LogP contribution in [0.15, 0.2) is 30.3 Å². The van der Waals surface area contributed by atoms with E-state index in [1.165, 1.54) is 0 Å². The van der Waals surface area contributed by atoms with Crippen molar-refractivity contribution in [2.75, 3.05) is 13.2 Å².